The number of carbonyl (C=O) groups is 2. The van der Waals surface area contributed by atoms with Crippen LogP contribution < -0.4 is 14.8 Å². The third-order valence-corrected chi connectivity index (χ3v) is 5.52. The second-order valence-electron chi connectivity index (χ2n) is 7.81. The number of nitrogens with zero attached hydrogens (tertiary/aromatic N) is 3. The number of rotatable bonds is 7. The van der Waals surface area contributed by atoms with Gasteiger partial charge in [0.2, 0.25) is 5.91 Å². The number of pyridine rings is 1. The fourth-order valence-electron chi connectivity index (χ4n) is 3.71. The zero-order chi connectivity index (χ0) is 23.9. The van der Waals surface area contributed by atoms with Crippen LogP contribution in [0.15, 0.2) is 72.1 Å². The predicted molar refractivity (Wildman–Crippen MR) is 137 cm³/mol. The molecule has 0 atom stereocenters. The molecule has 0 aliphatic carbocycles. The summed E-state index contributed by atoms with van der Waals surface area (Å²) in [6.45, 7) is 0.578. The molecular weight excluding hydrogens is 468 g/mol. The number of amides is 2. The molecule has 35 heavy (non-hydrogen) atoms. The maximum Gasteiger partial charge on any atom is 0.257 e. The molecule has 4 rings (SSSR count). The highest BCUT2D eigenvalue weighted by atomic mass is 35.5. The van der Waals surface area contributed by atoms with E-state index in [-0.39, 0.29) is 30.6 Å². The number of hydrazone groups is 1. The maximum absolute atomic E-state index is 12.9. The standard InChI is InChI=1S/C26H26N4O4.ClH/c1-33-23-12-9-19(16-24(23)34-2)22-6-4-14-30(29-22)25(31)15-18-7-10-21(11-8-18)28-26(32)20-5-3-13-27-17-20;/h3,5,7-13,16-17H,4,6,14-15H2,1-2H3,(H,28,32);1H. The Hall–Kier alpha value is -3.91. The van der Waals surface area contributed by atoms with Gasteiger partial charge in [0.25, 0.3) is 5.91 Å². The molecule has 0 saturated carbocycles. The average molecular weight is 495 g/mol. The molecule has 2 heterocycles. The van der Waals surface area contributed by atoms with E-state index >= 15 is 0 Å². The van der Waals surface area contributed by atoms with Crippen molar-refractivity contribution in [1.29, 1.82) is 0 Å². The minimum absolute atomic E-state index is 0. The first-order valence-corrected chi connectivity index (χ1v) is 11.0. The SMILES string of the molecule is COc1ccc(C2=NN(C(=O)Cc3ccc(NC(=O)c4cccnc4)cc3)CCC2)cc1OC.Cl. The molecule has 182 valence electrons. The Kier molecular flexibility index (Phi) is 8.80. The molecule has 0 radical (unpaired) electrons. The van der Waals surface area contributed by atoms with E-state index in [1.54, 1.807) is 44.7 Å². The summed E-state index contributed by atoms with van der Waals surface area (Å²) in [7, 11) is 3.19. The van der Waals surface area contributed by atoms with Gasteiger partial charge in [0.1, 0.15) is 0 Å². The highest BCUT2D eigenvalue weighted by Gasteiger charge is 2.20. The van der Waals surface area contributed by atoms with Crippen molar-refractivity contribution in [3.8, 4) is 11.5 Å². The lowest BCUT2D eigenvalue weighted by atomic mass is 10.0. The van der Waals surface area contributed by atoms with Gasteiger partial charge in [0.05, 0.1) is 31.9 Å². The Morgan fingerprint density at radius 3 is 2.49 bits per heavy atom. The van der Waals surface area contributed by atoms with Crippen molar-refractivity contribution in [3.05, 3.63) is 83.7 Å². The van der Waals surface area contributed by atoms with Gasteiger partial charge in [-0.05, 0) is 60.9 Å². The molecule has 1 aliphatic heterocycles. The first kappa shape index (κ1) is 25.7. The average Bonchev–Trinajstić information content (AvgIpc) is 2.90. The molecule has 1 N–H and O–H groups in total. The molecule has 0 unspecified atom stereocenters. The lowest BCUT2D eigenvalue weighted by Crippen LogP contribution is -2.33. The highest BCUT2D eigenvalue weighted by molar-refractivity contribution is 6.04. The van der Waals surface area contributed by atoms with Crippen molar-refractivity contribution in [1.82, 2.24) is 9.99 Å². The minimum atomic E-state index is -0.234. The Balaban J connectivity index is 0.00000342. The fraction of sp³-hybridized carbons (Fsp3) is 0.231. The van der Waals surface area contributed by atoms with Gasteiger partial charge >= 0.3 is 0 Å². The van der Waals surface area contributed by atoms with Gasteiger partial charge in [-0.25, -0.2) is 5.01 Å². The first-order chi connectivity index (χ1) is 16.6. The first-order valence-electron chi connectivity index (χ1n) is 11.0. The van der Waals surface area contributed by atoms with Gasteiger partial charge in [-0.2, -0.15) is 5.10 Å². The molecule has 0 spiro atoms. The minimum Gasteiger partial charge on any atom is -0.493 e. The molecular formula is C26H27ClN4O4. The third-order valence-electron chi connectivity index (χ3n) is 5.52. The number of aromatic nitrogens is 1. The van der Waals surface area contributed by atoms with E-state index in [0.29, 0.717) is 29.3 Å². The van der Waals surface area contributed by atoms with Crippen molar-refractivity contribution in [2.24, 2.45) is 5.10 Å². The number of halogens is 1. The summed E-state index contributed by atoms with van der Waals surface area (Å²) in [5.41, 5.74) is 3.72. The number of methoxy groups -OCH3 is 2. The van der Waals surface area contributed by atoms with Crippen molar-refractivity contribution < 1.29 is 19.1 Å². The fourth-order valence-corrected chi connectivity index (χ4v) is 3.71. The van der Waals surface area contributed by atoms with Crippen LogP contribution in [0.2, 0.25) is 0 Å². The second kappa shape index (κ2) is 12.0. The Labute approximate surface area is 210 Å². The Morgan fingerprint density at radius 1 is 1.03 bits per heavy atom. The number of nitrogens with one attached hydrogen (secondary N) is 1. The van der Waals surface area contributed by atoms with E-state index in [9.17, 15) is 9.59 Å². The van der Waals surface area contributed by atoms with Crippen LogP contribution in [0.25, 0.3) is 0 Å². The number of hydrogen-bond acceptors (Lipinski definition) is 6. The van der Waals surface area contributed by atoms with Crippen LogP contribution in [-0.2, 0) is 11.2 Å². The number of hydrogen-bond donors (Lipinski definition) is 1. The number of benzene rings is 2. The summed E-state index contributed by atoms with van der Waals surface area (Å²) >= 11 is 0. The summed E-state index contributed by atoms with van der Waals surface area (Å²) in [6.07, 6.45) is 4.96. The molecule has 0 fully saturated rings. The summed E-state index contributed by atoms with van der Waals surface area (Å²) in [5, 5.41) is 8.97. The molecule has 0 saturated heterocycles. The van der Waals surface area contributed by atoms with Gasteiger partial charge in [-0.1, -0.05) is 12.1 Å². The number of carbonyl (C=O) groups excluding carboxylic acids is 2. The Morgan fingerprint density at radius 2 is 1.80 bits per heavy atom. The molecule has 2 aromatic carbocycles. The molecule has 3 aromatic rings. The van der Waals surface area contributed by atoms with Crippen LogP contribution in [-0.4, -0.2) is 48.3 Å². The van der Waals surface area contributed by atoms with Crippen LogP contribution in [0.5, 0.6) is 11.5 Å². The monoisotopic (exact) mass is 494 g/mol. The topological polar surface area (TPSA) is 93.1 Å². The summed E-state index contributed by atoms with van der Waals surface area (Å²) in [4.78, 5) is 29.1. The van der Waals surface area contributed by atoms with Gasteiger partial charge < -0.3 is 14.8 Å². The van der Waals surface area contributed by atoms with Crippen molar-refractivity contribution in [3.63, 3.8) is 0 Å². The molecule has 2 amide bonds. The summed E-state index contributed by atoms with van der Waals surface area (Å²) < 4.78 is 10.7. The number of ether oxygens (including phenoxy) is 2. The lowest BCUT2D eigenvalue weighted by Gasteiger charge is -2.24. The second-order valence-corrected chi connectivity index (χ2v) is 7.81. The van der Waals surface area contributed by atoms with Crippen LogP contribution >= 0.6 is 12.4 Å². The van der Waals surface area contributed by atoms with Gasteiger partial charge in [0.15, 0.2) is 11.5 Å². The largest absolute Gasteiger partial charge is 0.493 e. The quantitative estimate of drug-likeness (QED) is 0.527. The van der Waals surface area contributed by atoms with E-state index in [1.807, 2.05) is 30.3 Å². The Bertz CT molecular complexity index is 1200. The van der Waals surface area contributed by atoms with Gasteiger partial charge in [0, 0.05) is 30.2 Å². The molecule has 1 aromatic heterocycles. The highest BCUT2D eigenvalue weighted by Crippen LogP contribution is 2.29. The summed E-state index contributed by atoms with van der Waals surface area (Å²) in [6, 6.07) is 16.3. The van der Waals surface area contributed by atoms with Crippen LogP contribution in [0.1, 0.15) is 34.3 Å². The predicted octanol–water partition coefficient (Wildman–Crippen LogP) is 4.34. The molecule has 9 heteroatoms. The molecule has 1 aliphatic rings. The van der Waals surface area contributed by atoms with Gasteiger partial charge in [-0.3, -0.25) is 14.6 Å². The zero-order valence-corrected chi connectivity index (χ0v) is 20.4. The normalized spacial score (nSPS) is 12.7. The van der Waals surface area contributed by atoms with Gasteiger partial charge in [-0.15, -0.1) is 12.4 Å². The van der Waals surface area contributed by atoms with Crippen molar-refractivity contribution in [2.75, 3.05) is 26.1 Å². The smallest absolute Gasteiger partial charge is 0.257 e. The lowest BCUT2D eigenvalue weighted by molar-refractivity contribution is -0.130. The van der Waals surface area contributed by atoms with Crippen LogP contribution in [0.4, 0.5) is 5.69 Å². The van der Waals surface area contributed by atoms with E-state index < -0.39 is 0 Å². The third kappa shape index (κ3) is 6.36. The van der Waals surface area contributed by atoms with Crippen LogP contribution in [0, 0.1) is 0 Å². The molecule has 0 bridgehead atoms. The van der Waals surface area contributed by atoms with E-state index in [1.165, 1.54) is 11.2 Å². The van der Waals surface area contributed by atoms with E-state index in [2.05, 4.69) is 15.4 Å². The zero-order valence-electron chi connectivity index (χ0n) is 19.6. The summed E-state index contributed by atoms with van der Waals surface area (Å²) in [5.74, 6) is 0.963. The van der Waals surface area contributed by atoms with Crippen molar-refractivity contribution >= 4 is 35.6 Å². The molecule has 8 nitrogen and oxygen atoms in total. The van der Waals surface area contributed by atoms with E-state index in [0.717, 1.165) is 29.7 Å². The van der Waals surface area contributed by atoms with Crippen molar-refractivity contribution in [2.45, 2.75) is 19.3 Å². The number of anilines is 1. The van der Waals surface area contributed by atoms with Crippen LogP contribution in [0.3, 0.4) is 0 Å². The van der Waals surface area contributed by atoms with E-state index in [4.69, 9.17) is 9.47 Å². The maximum atomic E-state index is 12.9.